The van der Waals surface area contributed by atoms with Gasteiger partial charge in [0.25, 0.3) is 0 Å². The molecule has 0 aliphatic rings. The van der Waals surface area contributed by atoms with Crippen LogP contribution in [0.2, 0.25) is 0 Å². The molecule has 0 aromatic heterocycles. The van der Waals surface area contributed by atoms with E-state index in [9.17, 15) is 15.0 Å². The van der Waals surface area contributed by atoms with Gasteiger partial charge in [-0.25, -0.2) is 0 Å². The smallest absolute Gasteiger partial charge is 0.158 e. The molecule has 0 bridgehead atoms. The van der Waals surface area contributed by atoms with Gasteiger partial charge in [-0.2, -0.15) is 0 Å². The van der Waals surface area contributed by atoms with E-state index in [1.54, 1.807) is 0 Å². The first-order valence-electron chi connectivity index (χ1n) is 9.34. The van der Waals surface area contributed by atoms with E-state index < -0.39 is 0 Å². The summed E-state index contributed by atoms with van der Waals surface area (Å²) < 4.78 is 0. The van der Waals surface area contributed by atoms with Gasteiger partial charge in [0.15, 0.2) is 5.78 Å². The van der Waals surface area contributed by atoms with Crippen molar-refractivity contribution in [2.24, 2.45) is 0 Å². The molecule has 0 unspecified atom stereocenters. The maximum Gasteiger partial charge on any atom is 0.158 e. The zero-order valence-electron chi connectivity index (χ0n) is 14.9. The summed E-state index contributed by atoms with van der Waals surface area (Å²) in [5, 5.41) is 28.2. The van der Waals surface area contributed by atoms with Crippen LogP contribution in [0.15, 0.2) is 11.5 Å². The highest BCUT2D eigenvalue weighted by molar-refractivity contribution is 5.79. The fraction of sp³-hybridized carbons (Fsp3) is 0.842. The Labute approximate surface area is 141 Å². The van der Waals surface area contributed by atoms with Crippen LogP contribution in [0.1, 0.15) is 96.8 Å². The van der Waals surface area contributed by atoms with Crippen LogP contribution in [0, 0.1) is 0 Å². The van der Waals surface area contributed by atoms with Crippen molar-refractivity contribution in [2.75, 3.05) is 6.61 Å². The number of unbranched alkanes of at least 4 members (excludes halogenated alkanes) is 9. The molecule has 0 spiro atoms. The van der Waals surface area contributed by atoms with Gasteiger partial charge in [0.1, 0.15) is 18.1 Å². The third-order valence-electron chi connectivity index (χ3n) is 4.15. The summed E-state index contributed by atoms with van der Waals surface area (Å²) in [4.78, 5) is 10.9. The molecule has 0 rings (SSSR count). The minimum absolute atomic E-state index is 0.0924. The van der Waals surface area contributed by atoms with Crippen molar-refractivity contribution in [3.05, 3.63) is 11.5 Å². The molecule has 0 heterocycles. The summed E-state index contributed by atoms with van der Waals surface area (Å²) in [6.45, 7) is 1.85. The first kappa shape index (κ1) is 22.0. The SMILES string of the molecule is CCCCCCCC/C(O)=C(/O)CCCCCCCC(=O)CO. The number of allylic oxidation sites excluding steroid dienone is 2. The van der Waals surface area contributed by atoms with Gasteiger partial charge in [-0.3, -0.25) is 4.79 Å². The van der Waals surface area contributed by atoms with Gasteiger partial charge in [0, 0.05) is 19.3 Å². The normalized spacial score (nSPS) is 12.3. The van der Waals surface area contributed by atoms with Gasteiger partial charge in [0.2, 0.25) is 0 Å². The van der Waals surface area contributed by atoms with Crippen LogP contribution in [-0.2, 0) is 4.79 Å². The summed E-state index contributed by atoms with van der Waals surface area (Å²) in [7, 11) is 0. The molecule has 23 heavy (non-hydrogen) atoms. The second-order valence-electron chi connectivity index (χ2n) is 6.38. The third kappa shape index (κ3) is 14.3. The van der Waals surface area contributed by atoms with Crippen molar-refractivity contribution in [1.82, 2.24) is 0 Å². The lowest BCUT2D eigenvalue weighted by Gasteiger charge is -2.06. The fourth-order valence-corrected chi connectivity index (χ4v) is 2.59. The van der Waals surface area contributed by atoms with E-state index >= 15 is 0 Å². The highest BCUT2D eigenvalue weighted by atomic mass is 16.3. The Morgan fingerprint density at radius 3 is 1.48 bits per heavy atom. The lowest BCUT2D eigenvalue weighted by Crippen LogP contribution is -2.02. The Morgan fingerprint density at radius 2 is 1.04 bits per heavy atom. The second-order valence-corrected chi connectivity index (χ2v) is 6.38. The van der Waals surface area contributed by atoms with Crippen molar-refractivity contribution in [3.8, 4) is 0 Å². The Balaban J connectivity index is 3.54. The van der Waals surface area contributed by atoms with Crippen LogP contribution in [0.3, 0.4) is 0 Å². The van der Waals surface area contributed by atoms with Crippen molar-refractivity contribution < 1.29 is 20.1 Å². The Morgan fingerprint density at radius 1 is 0.652 bits per heavy atom. The fourth-order valence-electron chi connectivity index (χ4n) is 2.59. The lowest BCUT2D eigenvalue weighted by atomic mass is 10.1. The minimum Gasteiger partial charge on any atom is -0.509 e. The van der Waals surface area contributed by atoms with Crippen molar-refractivity contribution in [2.45, 2.75) is 96.8 Å². The van der Waals surface area contributed by atoms with Gasteiger partial charge < -0.3 is 15.3 Å². The zero-order valence-corrected chi connectivity index (χ0v) is 14.9. The van der Waals surface area contributed by atoms with Crippen LogP contribution < -0.4 is 0 Å². The number of ketones is 1. The predicted molar refractivity (Wildman–Crippen MR) is 94.7 cm³/mol. The number of carbonyl (C=O) groups excluding carboxylic acids is 1. The average Bonchev–Trinajstić information content (AvgIpc) is 2.56. The van der Waals surface area contributed by atoms with E-state index in [-0.39, 0.29) is 23.9 Å². The van der Waals surface area contributed by atoms with Gasteiger partial charge in [0.05, 0.1) is 0 Å². The molecule has 3 N–H and O–H groups in total. The Hall–Kier alpha value is -1.03. The number of carbonyl (C=O) groups is 1. The topological polar surface area (TPSA) is 77.8 Å². The van der Waals surface area contributed by atoms with E-state index in [4.69, 9.17) is 5.11 Å². The number of Topliss-reactive ketones (excluding diaryl/α,β-unsaturated/α-hetero) is 1. The number of hydrogen-bond acceptors (Lipinski definition) is 4. The molecule has 136 valence electrons. The molecule has 0 amide bonds. The van der Waals surface area contributed by atoms with Crippen LogP contribution in [0.5, 0.6) is 0 Å². The van der Waals surface area contributed by atoms with Gasteiger partial charge in [-0.05, 0) is 19.3 Å². The van der Waals surface area contributed by atoms with Crippen LogP contribution >= 0.6 is 0 Å². The summed E-state index contributed by atoms with van der Waals surface area (Å²) >= 11 is 0. The average molecular weight is 328 g/mol. The molecule has 0 atom stereocenters. The van der Waals surface area contributed by atoms with Crippen LogP contribution in [-0.4, -0.2) is 27.7 Å². The summed E-state index contributed by atoms with van der Waals surface area (Å²) in [6, 6.07) is 0. The van der Waals surface area contributed by atoms with Crippen LogP contribution in [0.25, 0.3) is 0 Å². The number of rotatable bonds is 16. The molecule has 0 aromatic carbocycles. The zero-order chi connectivity index (χ0) is 17.3. The summed E-state index contributed by atoms with van der Waals surface area (Å²) in [5.74, 6) is 0.216. The predicted octanol–water partition coefficient (Wildman–Crippen LogP) is 5.36. The quantitative estimate of drug-likeness (QED) is 0.263. The maximum absolute atomic E-state index is 10.9. The molecule has 0 aliphatic carbocycles. The Bertz CT molecular complexity index is 323. The van der Waals surface area contributed by atoms with E-state index in [1.807, 2.05) is 0 Å². The first-order valence-corrected chi connectivity index (χ1v) is 9.34. The second kappa shape index (κ2) is 15.9. The van der Waals surface area contributed by atoms with Crippen LogP contribution in [0.4, 0.5) is 0 Å². The standard InChI is InChI=1S/C19H36O4/c1-2-3-4-5-8-11-14-18(22)19(23)15-12-9-6-7-10-13-17(21)16-20/h20,22-23H,2-16H2,1H3/b19-18-. The molecule has 0 aliphatic heterocycles. The molecule has 0 fully saturated rings. The highest BCUT2D eigenvalue weighted by Crippen LogP contribution is 2.16. The molecular formula is C19H36O4. The summed E-state index contributed by atoms with van der Waals surface area (Å²) in [6.07, 6.45) is 13.3. The van der Waals surface area contributed by atoms with E-state index in [0.717, 1.165) is 44.9 Å². The third-order valence-corrected chi connectivity index (χ3v) is 4.15. The summed E-state index contributed by atoms with van der Waals surface area (Å²) in [5.41, 5.74) is 0. The molecule has 4 nitrogen and oxygen atoms in total. The van der Waals surface area contributed by atoms with Gasteiger partial charge >= 0.3 is 0 Å². The number of hydrogen-bond donors (Lipinski definition) is 3. The molecule has 0 saturated heterocycles. The minimum atomic E-state index is -0.351. The number of aliphatic hydroxyl groups is 3. The van der Waals surface area contributed by atoms with E-state index in [2.05, 4.69) is 6.92 Å². The molecule has 0 saturated carbocycles. The highest BCUT2D eigenvalue weighted by Gasteiger charge is 2.04. The number of aliphatic hydroxyl groups excluding tert-OH is 3. The monoisotopic (exact) mass is 328 g/mol. The van der Waals surface area contributed by atoms with Crippen molar-refractivity contribution in [3.63, 3.8) is 0 Å². The molecular weight excluding hydrogens is 292 g/mol. The largest absolute Gasteiger partial charge is 0.509 e. The maximum atomic E-state index is 10.9. The van der Waals surface area contributed by atoms with Gasteiger partial charge in [-0.15, -0.1) is 0 Å². The molecule has 4 heteroatoms. The molecule has 0 radical (unpaired) electrons. The first-order chi connectivity index (χ1) is 11.1. The van der Waals surface area contributed by atoms with Gasteiger partial charge in [-0.1, -0.05) is 58.3 Å². The molecule has 0 aromatic rings. The Kier molecular flexibility index (Phi) is 15.1. The van der Waals surface area contributed by atoms with Crippen molar-refractivity contribution >= 4 is 5.78 Å². The van der Waals surface area contributed by atoms with E-state index in [1.165, 1.54) is 25.7 Å². The van der Waals surface area contributed by atoms with E-state index in [0.29, 0.717) is 19.3 Å². The van der Waals surface area contributed by atoms with Crippen molar-refractivity contribution in [1.29, 1.82) is 0 Å². The lowest BCUT2D eigenvalue weighted by molar-refractivity contribution is -0.121.